The van der Waals surface area contributed by atoms with E-state index in [-0.39, 0.29) is 0 Å². The maximum Gasteiger partial charge on any atom is 0.0285 e. The van der Waals surface area contributed by atoms with E-state index in [0.717, 1.165) is 13.0 Å². The molecule has 1 aromatic heterocycles. The monoisotopic (exact) mass is 303 g/mol. The van der Waals surface area contributed by atoms with Crippen molar-refractivity contribution in [2.24, 2.45) is 5.41 Å². The predicted octanol–water partition coefficient (Wildman–Crippen LogP) is 4.47. The van der Waals surface area contributed by atoms with Gasteiger partial charge in [-0.05, 0) is 46.8 Å². The zero-order valence-corrected chi connectivity index (χ0v) is 13.0. The number of nitrogens with one attached hydrogen (secondary N) is 1. The summed E-state index contributed by atoms with van der Waals surface area (Å²) in [5.74, 6) is 0. The normalized spacial score (nSPS) is 14.1. The third-order valence-corrected chi connectivity index (χ3v) is 4.14. The van der Waals surface area contributed by atoms with Crippen LogP contribution in [0.5, 0.6) is 0 Å². The zero-order chi connectivity index (χ0) is 12.2. The summed E-state index contributed by atoms with van der Waals surface area (Å²) in [6.45, 7) is 10.2. The molecule has 0 amide bonds. The van der Waals surface area contributed by atoms with Crippen molar-refractivity contribution in [3.63, 3.8) is 0 Å². The van der Waals surface area contributed by atoms with Crippen LogP contribution >= 0.6 is 27.3 Å². The molecule has 0 saturated carbocycles. The first kappa shape index (κ1) is 14.2. The Hall–Kier alpha value is 0.140. The maximum atomic E-state index is 3.59. The van der Waals surface area contributed by atoms with Crippen molar-refractivity contribution >= 4 is 27.3 Å². The van der Waals surface area contributed by atoms with Gasteiger partial charge >= 0.3 is 0 Å². The van der Waals surface area contributed by atoms with E-state index >= 15 is 0 Å². The molecule has 3 heteroatoms. The quantitative estimate of drug-likeness (QED) is 0.846. The van der Waals surface area contributed by atoms with Gasteiger partial charge in [-0.15, -0.1) is 11.3 Å². The van der Waals surface area contributed by atoms with Gasteiger partial charge in [0, 0.05) is 20.8 Å². The molecule has 0 bridgehead atoms. The highest BCUT2D eigenvalue weighted by molar-refractivity contribution is 9.10. The molecule has 0 fully saturated rings. The van der Waals surface area contributed by atoms with Gasteiger partial charge in [0.25, 0.3) is 0 Å². The summed E-state index contributed by atoms with van der Waals surface area (Å²) in [7, 11) is 0. The van der Waals surface area contributed by atoms with E-state index in [9.17, 15) is 0 Å². The van der Waals surface area contributed by atoms with Gasteiger partial charge in [0.05, 0.1) is 0 Å². The van der Waals surface area contributed by atoms with Crippen molar-refractivity contribution < 1.29 is 0 Å². The molecule has 0 aromatic carbocycles. The minimum Gasteiger partial charge on any atom is -0.314 e. The van der Waals surface area contributed by atoms with Gasteiger partial charge in [-0.3, -0.25) is 0 Å². The molecule has 16 heavy (non-hydrogen) atoms. The molecule has 1 aromatic rings. The first-order valence-electron chi connectivity index (χ1n) is 5.87. The SMILES string of the molecule is CCNC(Cc1cc(Br)cs1)CC(C)(C)C. The molecule has 1 atom stereocenters. The summed E-state index contributed by atoms with van der Waals surface area (Å²) < 4.78 is 1.21. The Kier molecular flexibility index (Phi) is 5.48. The molecule has 0 aliphatic carbocycles. The smallest absolute Gasteiger partial charge is 0.0285 e. The molecule has 1 heterocycles. The molecule has 1 unspecified atom stereocenters. The molecule has 0 spiro atoms. The van der Waals surface area contributed by atoms with E-state index in [1.165, 1.54) is 15.8 Å². The van der Waals surface area contributed by atoms with Crippen LogP contribution in [0, 0.1) is 5.41 Å². The Bertz CT molecular complexity index is 314. The van der Waals surface area contributed by atoms with E-state index < -0.39 is 0 Å². The average Bonchev–Trinajstić information content (AvgIpc) is 2.48. The van der Waals surface area contributed by atoms with Crippen LogP contribution in [-0.2, 0) is 6.42 Å². The van der Waals surface area contributed by atoms with Gasteiger partial charge < -0.3 is 5.32 Å². The van der Waals surface area contributed by atoms with Crippen LogP contribution in [0.15, 0.2) is 15.9 Å². The van der Waals surface area contributed by atoms with Crippen molar-refractivity contribution in [2.45, 2.75) is 46.6 Å². The fraction of sp³-hybridized carbons (Fsp3) is 0.692. The summed E-state index contributed by atoms with van der Waals surface area (Å²) in [4.78, 5) is 1.46. The van der Waals surface area contributed by atoms with E-state index in [0.29, 0.717) is 11.5 Å². The zero-order valence-electron chi connectivity index (χ0n) is 10.6. The van der Waals surface area contributed by atoms with Crippen LogP contribution in [0.4, 0.5) is 0 Å². The molecule has 92 valence electrons. The summed E-state index contributed by atoms with van der Waals surface area (Å²) in [6.07, 6.45) is 2.36. The van der Waals surface area contributed by atoms with Crippen LogP contribution in [0.1, 0.15) is 39.0 Å². The summed E-state index contributed by atoms with van der Waals surface area (Å²) in [6, 6.07) is 2.83. The second kappa shape index (κ2) is 6.18. The van der Waals surface area contributed by atoms with Crippen LogP contribution < -0.4 is 5.32 Å². The van der Waals surface area contributed by atoms with Crippen molar-refractivity contribution in [2.75, 3.05) is 6.54 Å². The number of thiophene rings is 1. The van der Waals surface area contributed by atoms with Crippen LogP contribution in [-0.4, -0.2) is 12.6 Å². The van der Waals surface area contributed by atoms with Gasteiger partial charge in [0.2, 0.25) is 0 Å². The first-order valence-corrected chi connectivity index (χ1v) is 7.54. The second-order valence-corrected chi connectivity index (χ2v) is 7.37. The molecule has 1 N–H and O–H groups in total. The predicted molar refractivity (Wildman–Crippen MR) is 77.3 cm³/mol. The van der Waals surface area contributed by atoms with Gasteiger partial charge in [0.15, 0.2) is 0 Å². The summed E-state index contributed by atoms with van der Waals surface area (Å²) in [5, 5.41) is 5.75. The topological polar surface area (TPSA) is 12.0 Å². The van der Waals surface area contributed by atoms with E-state index in [2.05, 4.69) is 60.4 Å². The minimum atomic E-state index is 0.390. The van der Waals surface area contributed by atoms with Gasteiger partial charge in [-0.25, -0.2) is 0 Å². The number of hydrogen-bond acceptors (Lipinski definition) is 2. The van der Waals surface area contributed by atoms with Crippen LogP contribution in [0.25, 0.3) is 0 Å². The number of halogens is 1. The van der Waals surface area contributed by atoms with Crippen molar-refractivity contribution in [3.05, 3.63) is 20.8 Å². The largest absolute Gasteiger partial charge is 0.314 e. The van der Waals surface area contributed by atoms with Gasteiger partial charge in [0.1, 0.15) is 0 Å². The average molecular weight is 304 g/mol. The highest BCUT2D eigenvalue weighted by atomic mass is 79.9. The van der Waals surface area contributed by atoms with Gasteiger partial charge in [-0.2, -0.15) is 0 Å². The highest BCUT2D eigenvalue weighted by Gasteiger charge is 2.18. The fourth-order valence-corrected chi connectivity index (χ4v) is 3.48. The standard InChI is InChI=1S/C13H22BrNS/c1-5-15-11(8-13(2,3)4)7-12-6-10(14)9-16-12/h6,9,11,15H,5,7-8H2,1-4H3. The van der Waals surface area contributed by atoms with Crippen LogP contribution in [0.3, 0.4) is 0 Å². The first-order chi connectivity index (χ1) is 7.40. The van der Waals surface area contributed by atoms with E-state index in [4.69, 9.17) is 0 Å². The Morgan fingerprint density at radius 3 is 2.56 bits per heavy atom. The fourth-order valence-electron chi connectivity index (χ4n) is 1.95. The lowest BCUT2D eigenvalue weighted by Gasteiger charge is -2.26. The molecule has 1 nitrogen and oxygen atoms in total. The minimum absolute atomic E-state index is 0.390. The van der Waals surface area contributed by atoms with Gasteiger partial charge in [-0.1, -0.05) is 27.7 Å². The number of rotatable bonds is 5. The van der Waals surface area contributed by atoms with Crippen molar-refractivity contribution in [3.8, 4) is 0 Å². The number of hydrogen-bond donors (Lipinski definition) is 1. The Morgan fingerprint density at radius 2 is 2.12 bits per heavy atom. The summed E-state index contributed by atoms with van der Waals surface area (Å²) >= 11 is 5.36. The molecule has 0 aliphatic rings. The lowest BCUT2D eigenvalue weighted by atomic mass is 9.87. The lowest BCUT2D eigenvalue weighted by Crippen LogP contribution is -2.34. The molecular formula is C13H22BrNS. The number of likely N-dealkylation sites (N-methyl/N-ethyl adjacent to an activating group) is 1. The molecular weight excluding hydrogens is 282 g/mol. The van der Waals surface area contributed by atoms with Crippen molar-refractivity contribution in [1.82, 2.24) is 5.32 Å². The highest BCUT2D eigenvalue weighted by Crippen LogP contribution is 2.26. The Labute approximate surface area is 112 Å². The third kappa shape index (κ3) is 5.46. The summed E-state index contributed by atoms with van der Waals surface area (Å²) in [5.41, 5.74) is 0.390. The molecule has 1 rings (SSSR count). The third-order valence-electron chi connectivity index (χ3n) is 2.42. The van der Waals surface area contributed by atoms with E-state index in [1.54, 1.807) is 0 Å². The maximum absolute atomic E-state index is 3.59. The van der Waals surface area contributed by atoms with Crippen molar-refractivity contribution in [1.29, 1.82) is 0 Å². The molecule has 0 aliphatic heterocycles. The second-order valence-electron chi connectivity index (χ2n) is 5.45. The molecule has 0 saturated heterocycles. The Morgan fingerprint density at radius 1 is 1.44 bits per heavy atom. The molecule has 0 radical (unpaired) electrons. The van der Waals surface area contributed by atoms with E-state index in [1.807, 2.05) is 11.3 Å². The Balaban J connectivity index is 2.57. The van der Waals surface area contributed by atoms with Crippen LogP contribution in [0.2, 0.25) is 0 Å². The lowest BCUT2D eigenvalue weighted by molar-refractivity contribution is 0.310.